The third-order valence-corrected chi connectivity index (χ3v) is 3.51. The Bertz CT molecular complexity index is 714. The van der Waals surface area contributed by atoms with Crippen molar-refractivity contribution in [1.29, 1.82) is 0 Å². The molecule has 2 rings (SSSR count). The number of anilines is 1. The number of hydrogen-bond acceptors (Lipinski definition) is 5. The van der Waals surface area contributed by atoms with Gasteiger partial charge in [-0.3, -0.25) is 4.79 Å². The summed E-state index contributed by atoms with van der Waals surface area (Å²) in [5.74, 6) is 0.186. The van der Waals surface area contributed by atoms with Crippen LogP contribution >= 0.6 is 0 Å². The Labute approximate surface area is 147 Å². The molecule has 0 heterocycles. The molecule has 2 aromatic rings. The van der Waals surface area contributed by atoms with Crippen LogP contribution in [0.5, 0.6) is 5.75 Å². The van der Waals surface area contributed by atoms with Gasteiger partial charge in [0.15, 0.2) is 0 Å². The summed E-state index contributed by atoms with van der Waals surface area (Å²) < 4.78 is 10.1. The van der Waals surface area contributed by atoms with Crippen molar-refractivity contribution in [3.63, 3.8) is 0 Å². The first-order valence-electron chi connectivity index (χ1n) is 8.03. The Balaban J connectivity index is 1.86. The molecule has 0 bridgehead atoms. The van der Waals surface area contributed by atoms with Gasteiger partial charge in [-0.2, -0.15) is 0 Å². The number of benzene rings is 2. The average molecular weight is 342 g/mol. The van der Waals surface area contributed by atoms with Crippen LogP contribution in [0.3, 0.4) is 0 Å². The molecule has 6 heteroatoms. The van der Waals surface area contributed by atoms with Gasteiger partial charge in [0.05, 0.1) is 25.8 Å². The minimum Gasteiger partial charge on any atom is -0.497 e. The quantitative estimate of drug-likeness (QED) is 0.721. The van der Waals surface area contributed by atoms with Gasteiger partial charge in [0.1, 0.15) is 5.75 Å². The molecule has 0 atom stereocenters. The molecule has 0 aliphatic heterocycles. The van der Waals surface area contributed by atoms with Crippen molar-refractivity contribution < 1.29 is 19.1 Å². The van der Waals surface area contributed by atoms with Gasteiger partial charge in [0.2, 0.25) is 5.91 Å². The highest BCUT2D eigenvalue weighted by molar-refractivity contribution is 5.96. The maximum atomic E-state index is 12.0. The van der Waals surface area contributed by atoms with Crippen LogP contribution in [0.15, 0.2) is 48.5 Å². The van der Waals surface area contributed by atoms with E-state index in [0.717, 1.165) is 11.3 Å². The Hall–Kier alpha value is -3.02. The topological polar surface area (TPSA) is 76.7 Å². The number of ether oxygens (including phenoxy) is 2. The number of amides is 1. The molecule has 0 aliphatic carbocycles. The third kappa shape index (κ3) is 5.53. The summed E-state index contributed by atoms with van der Waals surface area (Å²) in [5, 5.41) is 5.80. The van der Waals surface area contributed by atoms with Crippen LogP contribution in [-0.4, -0.2) is 32.1 Å². The monoisotopic (exact) mass is 342 g/mol. The summed E-state index contributed by atoms with van der Waals surface area (Å²) in [6.45, 7) is 2.53. The highest BCUT2D eigenvalue weighted by Gasteiger charge is 2.12. The van der Waals surface area contributed by atoms with Gasteiger partial charge >= 0.3 is 5.97 Å². The minimum absolute atomic E-state index is 0.0621. The molecule has 0 radical (unpaired) electrons. The van der Waals surface area contributed by atoms with E-state index >= 15 is 0 Å². The first kappa shape index (κ1) is 18.3. The van der Waals surface area contributed by atoms with Crippen LogP contribution in [0, 0.1) is 0 Å². The van der Waals surface area contributed by atoms with E-state index in [4.69, 9.17) is 9.47 Å². The van der Waals surface area contributed by atoms with E-state index in [0.29, 0.717) is 24.4 Å². The minimum atomic E-state index is -0.413. The van der Waals surface area contributed by atoms with Gasteiger partial charge < -0.3 is 20.1 Å². The molecular formula is C19H22N2O4. The predicted molar refractivity (Wildman–Crippen MR) is 95.7 cm³/mol. The molecule has 0 aliphatic rings. The summed E-state index contributed by atoms with van der Waals surface area (Å²) in [6, 6.07) is 14.4. The standard InChI is InChI=1S/C19H22N2O4/c1-3-25-19(23)16-6-4-5-7-17(16)20-13-18(22)21-12-14-8-10-15(24-2)11-9-14/h4-11,20H,3,12-13H2,1-2H3,(H,21,22). The lowest BCUT2D eigenvalue weighted by Crippen LogP contribution is -2.29. The van der Waals surface area contributed by atoms with Crippen molar-refractivity contribution in [2.75, 3.05) is 25.6 Å². The molecule has 132 valence electrons. The molecular weight excluding hydrogens is 320 g/mol. The van der Waals surface area contributed by atoms with Gasteiger partial charge in [-0.25, -0.2) is 4.79 Å². The number of rotatable bonds is 8. The van der Waals surface area contributed by atoms with Crippen molar-refractivity contribution in [2.24, 2.45) is 0 Å². The molecule has 25 heavy (non-hydrogen) atoms. The van der Waals surface area contributed by atoms with Crippen molar-refractivity contribution in [3.05, 3.63) is 59.7 Å². The summed E-state index contributed by atoms with van der Waals surface area (Å²) in [7, 11) is 1.61. The van der Waals surface area contributed by atoms with Crippen molar-refractivity contribution in [2.45, 2.75) is 13.5 Å². The molecule has 0 aromatic heterocycles. The first-order valence-corrected chi connectivity index (χ1v) is 8.03. The van der Waals surface area contributed by atoms with E-state index in [1.807, 2.05) is 24.3 Å². The molecule has 0 saturated carbocycles. The van der Waals surface area contributed by atoms with Crippen LogP contribution in [-0.2, 0) is 16.1 Å². The molecule has 0 fully saturated rings. The molecule has 0 unspecified atom stereocenters. The SMILES string of the molecule is CCOC(=O)c1ccccc1NCC(=O)NCc1ccc(OC)cc1. The van der Waals surface area contributed by atoms with Crippen LogP contribution in [0.1, 0.15) is 22.8 Å². The molecule has 6 nitrogen and oxygen atoms in total. The molecule has 2 N–H and O–H groups in total. The summed E-state index contributed by atoms with van der Waals surface area (Å²) in [5.41, 5.74) is 1.95. The van der Waals surface area contributed by atoms with Gasteiger partial charge in [-0.05, 0) is 36.8 Å². The van der Waals surface area contributed by atoms with E-state index in [2.05, 4.69) is 10.6 Å². The normalized spacial score (nSPS) is 10.0. The van der Waals surface area contributed by atoms with Crippen molar-refractivity contribution >= 4 is 17.6 Å². The number of hydrogen-bond donors (Lipinski definition) is 2. The number of para-hydroxylation sites is 1. The lowest BCUT2D eigenvalue weighted by atomic mass is 10.2. The zero-order chi connectivity index (χ0) is 18.1. The van der Waals surface area contributed by atoms with Gasteiger partial charge in [-0.1, -0.05) is 24.3 Å². The maximum absolute atomic E-state index is 12.0. The van der Waals surface area contributed by atoms with Crippen LogP contribution in [0.4, 0.5) is 5.69 Å². The second kappa shape index (κ2) is 9.32. The summed E-state index contributed by atoms with van der Waals surface area (Å²) in [4.78, 5) is 23.9. The summed E-state index contributed by atoms with van der Waals surface area (Å²) >= 11 is 0. The fourth-order valence-corrected chi connectivity index (χ4v) is 2.21. The van der Waals surface area contributed by atoms with E-state index in [9.17, 15) is 9.59 Å². The number of methoxy groups -OCH3 is 1. The van der Waals surface area contributed by atoms with Gasteiger partial charge in [0.25, 0.3) is 0 Å². The Morgan fingerprint density at radius 2 is 1.76 bits per heavy atom. The van der Waals surface area contributed by atoms with Crippen LogP contribution in [0.2, 0.25) is 0 Å². The fraction of sp³-hybridized carbons (Fsp3) is 0.263. The van der Waals surface area contributed by atoms with Crippen molar-refractivity contribution in [1.82, 2.24) is 5.32 Å². The number of carbonyl (C=O) groups excluding carboxylic acids is 2. The van der Waals surface area contributed by atoms with Crippen molar-refractivity contribution in [3.8, 4) is 5.75 Å². The molecule has 0 spiro atoms. The first-order chi connectivity index (χ1) is 12.1. The lowest BCUT2D eigenvalue weighted by molar-refractivity contribution is -0.119. The number of esters is 1. The zero-order valence-electron chi connectivity index (χ0n) is 14.4. The zero-order valence-corrected chi connectivity index (χ0v) is 14.4. The summed E-state index contributed by atoms with van der Waals surface area (Å²) in [6.07, 6.45) is 0. The van der Waals surface area contributed by atoms with E-state index in [-0.39, 0.29) is 12.5 Å². The molecule has 0 saturated heterocycles. The predicted octanol–water partition coefficient (Wildman–Crippen LogP) is 2.60. The maximum Gasteiger partial charge on any atom is 0.340 e. The van der Waals surface area contributed by atoms with E-state index in [1.54, 1.807) is 38.3 Å². The lowest BCUT2D eigenvalue weighted by Gasteiger charge is -2.11. The number of nitrogens with one attached hydrogen (secondary N) is 2. The van der Waals surface area contributed by atoms with E-state index < -0.39 is 5.97 Å². The van der Waals surface area contributed by atoms with Gasteiger partial charge in [0, 0.05) is 12.2 Å². The fourth-order valence-electron chi connectivity index (χ4n) is 2.21. The van der Waals surface area contributed by atoms with Crippen LogP contribution < -0.4 is 15.4 Å². The highest BCUT2D eigenvalue weighted by atomic mass is 16.5. The second-order valence-corrected chi connectivity index (χ2v) is 5.24. The molecule has 1 amide bonds. The Morgan fingerprint density at radius 1 is 1.04 bits per heavy atom. The Kier molecular flexibility index (Phi) is 6.83. The highest BCUT2D eigenvalue weighted by Crippen LogP contribution is 2.16. The third-order valence-electron chi connectivity index (χ3n) is 3.51. The van der Waals surface area contributed by atoms with E-state index in [1.165, 1.54) is 0 Å². The molecule has 2 aromatic carbocycles. The van der Waals surface area contributed by atoms with Gasteiger partial charge in [-0.15, -0.1) is 0 Å². The Morgan fingerprint density at radius 3 is 2.44 bits per heavy atom. The smallest absolute Gasteiger partial charge is 0.340 e. The average Bonchev–Trinajstić information content (AvgIpc) is 2.65. The largest absolute Gasteiger partial charge is 0.497 e. The number of carbonyl (C=O) groups is 2. The second-order valence-electron chi connectivity index (χ2n) is 5.24. The van der Waals surface area contributed by atoms with Crippen LogP contribution in [0.25, 0.3) is 0 Å².